The molecule has 7 heteroatoms. The van der Waals surface area contributed by atoms with Crippen LogP contribution in [0.25, 0.3) is 0 Å². The van der Waals surface area contributed by atoms with Gasteiger partial charge in [0.1, 0.15) is 11.9 Å². The van der Waals surface area contributed by atoms with Crippen molar-refractivity contribution in [2.45, 2.75) is 23.8 Å². The Morgan fingerprint density at radius 2 is 1.75 bits per heavy atom. The molecule has 0 spiro atoms. The topological polar surface area (TPSA) is 66.5 Å². The first-order chi connectivity index (χ1) is 11.5. The second kappa shape index (κ2) is 6.70. The van der Waals surface area contributed by atoms with Crippen molar-refractivity contribution in [1.82, 2.24) is 4.31 Å². The van der Waals surface area contributed by atoms with Crippen LogP contribution in [0.1, 0.15) is 12.8 Å². The minimum absolute atomic E-state index is 0.0108. The summed E-state index contributed by atoms with van der Waals surface area (Å²) in [7, 11) is -3.84. The maximum Gasteiger partial charge on any atom is 0.243 e. The van der Waals surface area contributed by atoms with Crippen LogP contribution in [-0.4, -0.2) is 31.2 Å². The Hall–Kier alpha value is -2.25. The van der Waals surface area contributed by atoms with Crippen molar-refractivity contribution in [1.29, 1.82) is 0 Å². The van der Waals surface area contributed by atoms with Gasteiger partial charge in [-0.25, -0.2) is 12.8 Å². The lowest BCUT2D eigenvalue weighted by molar-refractivity contribution is -0.119. The molecule has 0 bridgehead atoms. The summed E-state index contributed by atoms with van der Waals surface area (Å²) in [5.41, 5.74) is 0.619. The predicted molar refractivity (Wildman–Crippen MR) is 88.4 cm³/mol. The van der Waals surface area contributed by atoms with Crippen molar-refractivity contribution in [3.8, 4) is 0 Å². The van der Waals surface area contributed by atoms with Crippen molar-refractivity contribution >= 4 is 21.6 Å². The lowest BCUT2D eigenvalue weighted by atomic mass is 10.2. The van der Waals surface area contributed by atoms with Crippen molar-refractivity contribution < 1.29 is 17.6 Å². The molecule has 2 aromatic rings. The molecule has 1 amide bonds. The maximum absolute atomic E-state index is 13.0. The van der Waals surface area contributed by atoms with E-state index in [0.717, 1.165) is 12.1 Å². The van der Waals surface area contributed by atoms with Gasteiger partial charge in [-0.2, -0.15) is 4.31 Å². The molecular formula is C17H17FN2O3S. The van der Waals surface area contributed by atoms with E-state index < -0.39 is 21.9 Å². The molecule has 1 fully saturated rings. The molecule has 1 aliphatic rings. The Labute approximate surface area is 140 Å². The number of halogens is 1. The molecule has 1 N–H and O–H groups in total. The monoisotopic (exact) mass is 348 g/mol. The third-order valence-electron chi connectivity index (χ3n) is 3.97. The van der Waals surface area contributed by atoms with E-state index in [9.17, 15) is 17.6 Å². The molecule has 0 aromatic heterocycles. The van der Waals surface area contributed by atoms with Gasteiger partial charge in [-0.15, -0.1) is 0 Å². The number of nitrogens with one attached hydrogen (secondary N) is 1. The van der Waals surface area contributed by atoms with Crippen LogP contribution in [0.2, 0.25) is 0 Å². The van der Waals surface area contributed by atoms with Crippen LogP contribution in [0.3, 0.4) is 0 Å². The minimum atomic E-state index is -3.84. The minimum Gasteiger partial charge on any atom is -0.325 e. The van der Waals surface area contributed by atoms with Crippen LogP contribution in [0, 0.1) is 5.82 Å². The first-order valence-electron chi connectivity index (χ1n) is 7.62. The van der Waals surface area contributed by atoms with Crippen molar-refractivity contribution in [3.63, 3.8) is 0 Å². The number of para-hydroxylation sites is 1. The molecule has 126 valence electrons. The fourth-order valence-corrected chi connectivity index (χ4v) is 4.44. The smallest absolute Gasteiger partial charge is 0.243 e. The summed E-state index contributed by atoms with van der Waals surface area (Å²) in [5.74, 6) is -0.863. The zero-order valence-electron chi connectivity index (χ0n) is 12.9. The quantitative estimate of drug-likeness (QED) is 0.924. The highest BCUT2D eigenvalue weighted by Crippen LogP contribution is 2.27. The van der Waals surface area contributed by atoms with Gasteiger partial charge in [0, 0.05) is 12.2 Å². The lowest BCUT2D eigenvalue weighted by Crippen LogP contribution is -2.43. The number of nitrogens with zero attached hydrogens (tertiary/aromatic N) is 1. The molecular weight excluding hydrogens is 331 g/mol. The highest BCUT2D eigenvalue weighted by atomic mass is 32.2. The van der Waals surface area contributed by atoms with Gasteiger partial charge in [-0.3, -0.25) is 4.79 Å². The molecule has 2 aromatic carbocycles. The second-order valence-electron chi connectivity index (χ2n) is 5.58. The fourth-order valence-electron chi connectivity index (χ4n) is 2.78. The van der Waals surface area contributed by atoms with E-state index in [0.29, 0.717) is 18.5 Å². The van der Waals surface area contributed by atoms with Crippen LogP contribution in [0.5, 0.6) is 0 Å². The Bertz CT molecular complexity index is 823. The standard InChI is InChI=1S/C17H17FN2O3S/c18-13-8-10-15(11-9-13)24(22,23)20-12-4-7-16(20)17(21)19-14-5-2-1-3-6-14/h1-3,5-6,8-11,16H,4,7,12H2,(H,19,21)/t16-/m0/s1. The third kappa shape index (κ3) is 3.32. The van der Waals surface area contributed by atoms with Gasteiger partial charge in [0.25, 0.3) is 0 Å². The molecule has 1 heterocycles. The van der Waals surface area contributed by atoms with Crippen molar-refractivity contribution in [3.05, 3.63) is 60.4 Å². The van der Waals surface area contributed by atoms with Gasteiger partial charge in [0.05, 0.1) is 4.90 Å². The van der Waals surface area contributed by atoms with Crippen LogP contribution < -0.4 is 5.32 Å². The number of carbonyl (C=O) groups excluding carboxylic acids is 1. The van der Waals surface area contributed by atoms with E-state index in [1.165, 1.54) is 16.4 Å². The summed E-state index contributed by atoms with van der Waals surface area (Å²) in [4.78, 5) is 12.5. The van der Waals surface area contributed by atoms with E-state index in [1.54, 1.807) is 24.3 Å². The molecule has 1 aliphatic heterocycles. The Balaban J connectivity index is 1.82. The molecule has 1 atom stereocenters. The first-order valence-corrected chi connectivity index (χ1v) is 9.06. The molecule has 24 heavy (non-hydrogen) atoms. The summed E-state index contributed by atoms with van der Waals surface area (Å²) in [6.45, 7) is 0.270. The lowest BCUT2D eigenvalue weighted by Gasteiger charge is -2.23. The van der Waals surface area contributed by atoms with Crippen LogP contribution >= 0.6 is 0 Å². The first kappa shape index (κ1) is 16.6. The Morgan fingerprint density at radius 1 is 1.08 bits per heavy atom. The summed E-state index contributed by atoms with van der Waals surface area (Å²) in [5, 5.41) is 2.74. The third-order valence-corrected chi connectivity index (χ3v) is 5.89. The SMILES string of the molecule is O=C(Nc1ccccc1)[C@@H]1CCCN1S(=O)(=O)c1ccc(F)cc1. The largest absolute Gasteiger partial charge is 0.325 e. The highest BCUT2D eigenvalue weighted by molar-refractivity contribution is 7.89. The van der Waals surface area contributed by atoms with E-state index in [2.05, 4.69) is 5.32 Å². The molecule has 0 aliphatic carbocycles. The average Bonchev–Trinajstić information content (AvgIpc) is 3.07. The average molecular weight is 348 g/mol. The van der Waals surface area contributed by atoms with E-state index in [1.807, 2.05) is 6.07 Å². The molecule has 5 nitrogen and oxygen atoms in total. The molecule has 0 unspecified atom stereocenters. The second-order valence-corrected chi connectivity index (χ2v) is 7.47. The summed E-state index contributed by atoms with van der Waals surface area (Å²) in [6, 6.07) is 12.8. The number of amides is 1. The summed E-state index contributed by atoms with van der Waals surface area (Å²) in [6.07, 6.45) is 1.06. The number of hydrogen-bond donors (Lipinski definition) is 1. The zero-order chi connectivity index (χ0) is 17.2. The predicted octanol–water partition coefficient (Wildman–Crippen LogP) is 2.62. The summed E-state index contributed by atoms with van der Waals surface area (Å²) < 4.78 is 39.7. The van der Waals surface area contributed by atoms with Crippen molar-refractivity contribution in [2.75, 3.05) is 11.9 Å². The van der Waals surface area contributed by atoms with Crippen LogP contribution in [-0.2, 0) is 14.8 Å². The van der Waals surface area contributed by atoms with Gasteiger partial charge in [0.15, 0.2) is 0 Å². The zero-order valence-corrected chi connectivity index (χ0v) is 13.7. The molecule has 1 saturated heterocycles. The Morgan fingerprint density at radius 3 is 2.42 bits per heavy atom. The van der Waals surface area contributed by atoms with E-state index in [4.69, 9.17) is 0 Å². The van der Waals surface area contributed by atoms with E-state index in [-0.39, 0.29) is 17.3 Å². The number of anilines is 1. The number of sulfonamides is 1. The van der Waals surface area contributed by atoms with Crippen LogP contribution in [0.4, 0.5) is 10.1 Å². The van der Waals surface area contributed by atoms with Gasteiger partial charge >= 0.3 is 0 Å². The van der Waals surface area contributed by atoms with Gasteiger partial charge in [-0.05, 0) is 49.2 Å². The molecule has 0 saturated carbocycles. The number of rotatable bonds is 4. The van der Waals surface area contributed by atoms with E-state index >= 15 is 0 Å². The van der Waals surface area contributed by atoms with Gasteiger partial charge in [-0.1, -0.05) is 18.2 Å². The highest BCUT2D eigenvalue weighted by Gasteiger charge is 2.39. The normalized spacial score (nSPS) is 18.5. The number of benzene rings is 2. The van der Waals surface area contributed by atoms with Crippen molar-refractivity contribution in [2.24, 2.45) is 0 Å². The molecule has 3 rings (SSSR count). The number of carbonyl (C=O) groups is 1. The van der Waals surface area contributed by atoms with Gasteiger partial charge in [0.2, 0.25) is 15.9 Å². The van der Waals surface area contributed by atoms with Crippen LogP contribution in [0.15, 0.2) is 59.5 Å². The van der Waals surface area contributed by atoms with Gasteiger partial charge < -0.3 is 5.32 Å². The molecule has 0 radical (unpaired) electrons. The maximum atomic E-state index is 13.0. The summed E-state index contributed by atoms with van der Waals surface area (Å²) >= 11 is 0. The number of hydrogen-bond acceptors (Lipinski definition) is 3. The Kier molecular flexibility index (Phi) is 4.64. The fraction of sp³-hybridized carbons (Fsp3) is 0.235.